The molecule has 206 valence electrons. The summed E-state index contributed by atoms with van der Waals surface area (Å²) in [5.74, 6) is 1.43. The van der Waals surface area contributed by atoms with Crippen LogP contribution in [0, 0.1) is 5.92 Å². The van der Waals surface area contributed by atoms with Gasteiger partial charge >= 0.3 is 0 Å². The van der Waals surface area contributed by atoms with Crippen LogP contribution in [0.5, 0.6) is 5.75 Å². The van der Waals surface area contributed by atoms with Gasteiger partial charge < -0.3 is 4.74 Å². The predicted molar refractivity (Wildman–Crippen MR) is 157 cm³/mol. The fraction of sp³-hybridized carbons (Fsp3) is 0.379. The van der Waals surface area contributed by atoms with Gasteiger partial charge in [0.05, 0.1) is 36.2 Å². The number of piperazine rings is 1. The van der Waals surface area contributed by atoms with Crippen molar-refractivity contribution in [2.24, 2.45) is 10.9 Å². The summed E-state index contributed by atoms with van der Waals surface area (Å²) in [7, 11) is -1.99. The van der Waals surface area contributed by atoms with Crippen molar-refractivity contribution in [3.8, 4) is 5.75 Å². The summed E-state index contributed by atoms with van der Waals surface area (Å²) < 4.78 is 34.4. The molecule has 3 unspecified atom stereocenters. The lowest BCUT2D eigenvalue weighted by atomic mass is 9.89. The highest BCUT2D eigenvalue weighted by molar-refractivity contribution is 9.10. The molecule has 1 saturated heterocycles. The van der Waals surface area contributed by atoms with Gasteiger partial charge in [0.2, 0.25) is 15.9 Å². The molecule has 1 fully saturated rings. The van der Waals surface area contributed by atoms with Crippen LogP contribution in [-0.2, 0) is 14.8 Å². The third-order valence-electron chi connectivity index (χ3n) is 7.64. The molecule has 2 aromatic carbocycles. The number of rotatable bonds is 7. The number of carbonyl (C=O) groups excluding carboxylic acids is 1. The van der Waals surface area contributed by atoms with Crippen LogP contribution in [0.15, 0.2) is 87.2 Å². The van der Waals surface area contributed by atoms with E-state index in [1.807, 2.05) is 43.3 Å². The molecule has 3 atom stereocenters. The van der Waals surface area contributed by atoms with E-state index in [4.69, 9.17) is 9.73 Å². The van der Waals surface area contributed by atoms with Crippen LogP contribution in [0.1, 0.15) is 19.8 Å². The van der Waals surface area contributed by atoms with Crippen molar-refractivity contribution in [3.05, 3.63) is 77.3 Å². The molecule has 2 aromatic rings. The van der Waals surface area contributed by atoms with Crippen LogP contribution in [0.25, 0.3) is 0 Å². The van der Waals surface area contributed by atoms with Crippen molar-refractivity contribution in [3.63, 3.8) is 0 Å². The average molecular weight is 614 g/mol. The highest BCUT2D eigenvalue weighted by Gasteiger charge is 2.39. The van der Waals surface area contributed by atoms with Crippen LogP contribution in [0.2, 0.25) is 0 Å². The Morgan fingerprint density at radius 1 is 1.03 bits per heavy atom. The van der Waals surface area contributed by atoms with Crippen molar-refractivity contribution < 1.29 is 17.9 Å². The molecule has 8 nitrogen and oxygen atoms in total. The Labute approximate surface area is 238 Å². The molecule has 0 radical (unpaired) electrons. The SMILES string of the molecule is COc1ccccc1N1C(=O)CC(C2C=CC=CC2)N=C1C(C)N1CCN(S(=O)(=O)c2ccc(Br)cc2)CC1. The lowest BCUT2D eigenvalue weighted by Crippen LogP contribution is -2.58. The van der Waals surface area contributed by atoms with Gasteiger partial charge in [-0.1, -0.05) is 52.4 Å². The normalized spacial score (nSPS) is 23.5. The van der Waals surface area contributed by atoms with E-state index in [-0.39, 0.29) is 28.8 Å². The van der Waals surface area contributed by atoms with Gasteiger partial charge in [-0.2, -0.15) is 4.31 Å². The van der Waals surface area contributed by atoms with Gasteiger partial charge in [-0.15, -0.1) is 0 Å². The molecule has 5 rings (SSSR count). The number of ether oxygens (including phenoxy) is 1. The first-order valence-corrected chi connectivity index (χ1v) is 15.4. The van der Waals surface area contributed by atoms with Crippen LogP contribution in [0.3, 0.4) is 0 Å². The monoisotopic (exact) mass is 612 g/mol. The number of nitrogens with zero attached hydrogens (tertiary/aromatic N) is 4. The average Bonchev–Trinajstić information content (AvgIpc) is 2.97. The molecule has 0 aromatic heterocycles. The van der Waals surface area contributed by atoms with Crippen molar-refractivity contribution in [2.75, 3.05) is 38.2 Å². The minimum atomic E-state index is -3.59. The molecule has 0 bridgehead atoms. The minimum Gasteiger partial charge on any atom is -0.495 e. The lowest BCUT2D eigenvalue weighted by molar-refractivity contribution is -0.118. The van der Waals surface area contributed by atoms with Crippen molar-refractivity contribution in [2.45, 2.75) is 36.7 Å². The number of amides is 1. The molecular weight excluding hydrogens is 580 g/mol. The van der Waals surface area contributed by atoms with Gasteiger partial charge in [-0.05, 0) is 49.7 Å². The van der Waals surface area contributed by atoms with E-state index in [9.17, 15) is 13.2 Å². The van der Waals surface area contributed by atoms with Crippen molar-refractivity contribution in [1.29, 1.82) is 0 Å². The topological polar surface area (TPSA) is 82.5 Å². The van der Waals surface area contributed by atoms with Crippen molar-refractivity contribution in [1.82, 2.24) is 9.21 Å². The number of halogens is 1. The van der Waals surface area contributed by atoms with Gasteiger partial charge in [-0.3, -0.25) is 19.6 Å². The number of anilines is 1. The number of sulfonamides is 1. The molecular formula is C29H33BrN4O4S. The summed E-state index contributed by atoms with van der Waals surface area (Å²) >= 11 is 3.37. The zero-order valence-corrected chi connectivity index (χ0v) is 24.5. The van der Waals surface area contributed by atoms with E-state index in [2.05, 4.69) is 33.0 Å². The number of hydrogen-bond donors (Lipinski definition) is 0. The number of hydrogen-bond acceptors (Lipinski definition) is 6. The number of methoxy groups -OCH3 is 1. The fourth-order valence-corrected chi connectivity index (χ4v) is 7.11. The Morgan fingerprint density at radius 3 is 2.41 bits per heavy atom. The molecule has 0 N–H and O–H groups in total. The second kappa shape index (κ2) is 11.8. The first-order valence-electron chi connectivity index (χ1n) is 13.2. The van der Waals surface area contributed by atoms with Gasteiger partial charge in [0.25, 0.3) is 0 Å². The third kappa shape index (κ3) is 5.75. The predicted octanol–water partition coefficient (Wildman–Crippen LogP) is 4.49. The molecule has 3 aliphatic rings. The highest BCUT2D eigenvalue weighted by Crippen LogP contribution is 2.34. The second-order valence-electron chi connectivity index (χ2n) is 9.94. The Balaban J connectivity index is 1.40. The standard InChI is InChI=1S/C29H33BrN4O4S/c1-21(32-16-18-33(19-17-32)39(36,37)24-14-12-23(30)13-15-24)29-31-25(22-8-4-3-5-9-22)20-28(35)34(29)26-10-6-7-11-27(26)38-2/h3-8,10-15,21-22,25H,9,16-20H2,1-2H3. The number of allylic oxidation sites excluding steroid dienone is 3. The summed E-state index contributed by atoms with van der Waals surface area (Å²) in [5.41, 5.74) is 0.671. The maximum absolute atomic E-state index is 13.7. The lowest BCUT2D eigenvalue weighted by Gasteiger charge is -2.42. The first kappa shape index (κ1) is 27.8. The number of benzene rings is 2. The highest BCUT2D eigenvalue weighted by atomic mass is 79.9. The molecule has 2 heterocycles. The number of para-hydroxylation sites is 2. The summed E-state index contributed by atoms with van der Waals surface area (Å²) in [4.78, 5) is 23.1. The zero-order chi connectivity index (χ0) is 27.6. The van der Waals surface area contributed by atoms with E-state index in [1.165, 1.54) is 4.31 Å². The number of aliphatic imine (C=N–C) groups is 1. The molecule has 39 heavy (non-hydrogen) atoms. The molecule has 10 heteroatoms. The fourth-order valence-electron chi connectivity index (χ4n) is 5.42. The quantitative estimate of drug-likeness (QED) is 0.460. The Kier molecular flexibility index (Phi) is 8.37. The maximum Gasteiger partial charge on any atom is 0.243 e. The zero-order valence-electron chi connectivity index (χ0n) is 22.1. The van der Waals surface area contributed by atoms with E-state index in [1.54, 1.807) is 36.3 Å². The van der Waals surface area contributed by atoms with Gasteiger partial charge in [0.1, 0.15) is 11.6 Å². The summed E-state index contributed by atoms with van der Waals surface area (Å²) in [6.07, 6.45) is 9.46. The molecule has 0 saturated carbocycles. The minimum absolute atomic E-state index is 0.0132. The van der Waals surface area contributed by atoms with Crippen LogP contribution in [-0.4, -0.2) is 74.7 Å². The van der Waals surface area contributed by atoms with E-state index < -0.39 is 10.0 Å². The largest absolute Gasteiger partial charge is 0.495 e. The Bertz CT molecular complexity index is 1400. The van der Waals surface area contributed by atoms with Gasteiger partial charge in [0.15, 0.2) is 0 Å². The molecule has 2 aliphatic heterocycles. The first-order chi connectivity index (χ1) is 18.8. The van der Waals surface area contributed by atoms with Crippen molar-refractivity contribution >= 4 is 43.4 Å². The summed E-state index contributed by atoms with van der Waals surface area (Å²) in [6.45, 7) is 3.82. The third-order valence-corrected chi connectivity index (χ3v) is 10.1. The van der Waals surface area contributed by atoms with E-state index in [0.717, 1.165) is 10.9 Å². The van der Waals surface area contributed by atoms with Crippen LogP contribution >= 0.6 is 15.9 Å². The second-order valence-corrected chi connectivity index (χ2v) is 12.8. The number of amidine groups is 1. The number of carbonyl (C=O) groups is 1. The van der Waals surface area contributed by atoms with Crippen LogP contribution < -0.4 is 9.64 Å². The molecule has 1 aliphatic carbocycles. The Morgan fingerprint density at radius 2 is 1.74 bits per heavy atom. The smallest absolute Gasteiger partial charge is 0.243 e. The van der Waals surface area contributed by atoms with Gasteiger partial charge in [0, 0.05) is 36.6 Å². The Hall–Kier alpha value is -2.79. The van der Waals surface area contributed by atoms with Crippen LogP contribution in [0.4, 0.5) is 5.69 Å². The molecule has 1 amide bonds. The maximum atomic E-state index is 13.7. The van der Waals surface area contributed by atoms with E-state index in [0.29, 0.717) is 49.9 Å². The summed E-state index contributed by atoms with van der Waals surface area (Å²) in [6, 6.07) is 13.9. The van der Waals surface area contributed by atoms with Gasteiger partial charge in [-0.25, -0.2) is 8.42 Å². The summed E-state index contributed by atoms with van der Waals surface area (Å²) in [5, 5.41) is 0. The molecule has 0 spiro atoms. The van der Waals surface area contributed by atoms with E-state index >= 15 is 0 Å².